The van der Waals surface area contributed by atoms with Crippen LogP contribution >= 0.6 is 0 Å². The Bertz CT molecular complexity index is 843. The average molecular weight is 385 g/mol. The molecule has 0 saturated carbocycles. The largest absolute Gasteiger partial charge is 0.508 e. The van der Waals surface area contributed by atoms with Crippen LogP contribution in [0.1, 0.15) is 21.5 Å². The van der Waals surface area contributed by atoms with Crippen LogP contribution in [-0.4, -0.2) is 60.6 Å². The molecule has 3 rings (SSSR count). The zero-order valence-electron chi connectivity index (χ0n) is 15.6. The Hall–Kier alpha value is -3.10. The molecule has 1 aliphatic heterocycles. The number of amides is 1. The van der Waals surface area contributed by atoms with Gasteiger partial charge in [-0.1, -0.05) is 0 Å². The molecule has 0 aromatic heterocycles. The van der Waals surface area contributed by atoms with Crippen molar-refractivity contribution in [3.8, 4) is 17.2 Å². The third-order valence-corrected chi connectivity index (χ3v) is 4.35. The lowest BCUT2D eigenvalue weighted by atomic mass is 10.1. The van der Waals surface area contributed by atoms with Crippen LogP contribution in [0.3, 0.4) is 0 Å². The molecule has 0 bridgehead atoms. The summed E-state index contributed by atoms with van der Waals surface area (Å²) in [7, 11) is 1.64. The highest BCUT2D eigenvalue weighted by molar-refractivity contribution is 5.95. The van der Waals surface area contributed by atoms with Crippen molar-refractivity contribution in [1.82, 2.24) is 10.3 Å². The maximum absolute atomic E-state index is 12.1. The molecule has 8 nitrogen and oxygen atoms in total. The number of methoxy groups -OCH3 is 1. The van der Waals surface area contributed by atoms with Crippen molar-refractivity contribution in [2.24, 2.45) is 5.10 Å². The summed E-state index contributed by atoms with van der Waals surface area (Å²) in [6, 6.07) is 9.32. The van der Waals surface area contributed by atoms with Gasteiger partial charge in [0.15, 0.2) is 0 Å². The lowest BCUT2D eigenvalue weighted by Gasteiger charge is -2.27. The molecular weight excluding hydrogens is 362 g/mol. The van der Waals surface area contributed by atoms with Crippen molar-refractivity contribution in [3.63, 3.8) is 0 Å². The quantitative estimate of drug-likeness (QED) is 0.517. The number of carbonyl (C=O) groups is 1. The van der Waals surface area contributed by atoms with Crippen molar-refractivity contribution in [2.75, 3.05) is 33.4 Å². The molecular formula is C20H23N3O5. The monoisotopic (exact) mass is 385 g/mol. The lowest BCUT2D eigenvalue weighted by molar-refractivity contribution is 0.0339. The van der Waals surface area contributed by atoms with E-state index in [1.54, 1.807) is 7.11 Å². The van der Waals surface area contributed by atoms with E-state index in [0.717, 1.165) is 55.8 Å². The number of nitrogens with zero attached hydrogens (tertiary/aromatic N) is 2. The molecule has 0 unspecified atom stereocenters. The van der Waals surface area contributed by atoms with Gasteiger partial charge in [0, 0.05) is 36.8 Å². The molecule has 1 aliphatic rings. The number of morpholine rings is 1. The van der Waals surface area contributed by atoms with Crippen LogP contribution in [0.25, 0.3) is 0 Å². The first-order chi connectivity index (χ1) is 13.5. The Morgan fingerprint density at radius 2 is 1.93 bits per heavy atom. The smallest absolute Gasteiger partial charge is 0.271 e. The molecule has 1 fully saturated rings. The number of hydrogen-bond donors (Lipinski definition) is 3. The number of rotatable bonds is 6. The highest BCUT2D eigenvalue weighted by Gasteiger charge is 2.14. The third-order valence-electron chi connectivity index (χ3n) is 4.35. The van der Waals surface area contributed by atoms with Gasteiger partial charge in [-0.15, -0.1) is 0 Å². The number of hydrazone groups is 1. The van der Waals surface area contributed by atoms with Gasteiger partial charge in [0.05, 0.1) is 26.5 Å². The number of carbonyl (C=O) groups excluding carboxylic acids is 1. The van der Waals surface area contributed by atoms with Gasteiger partial charge in [-0.25, -0.2) is 5.43 Å². The summed E-state index contributed by atoms with van der Waals surface area (Å²) in [5.74, 6) is -0.138. The van der Waals surface area contributed by atoms with Crippen LogP contribution in [0, 0.1) is 0 Å². The molecule has 1 heterocycles. The van der Waals surface area contributed by atoms with E-state index in [9.17, 15) is 15.0 Å². The Kier molecular flexibility index (Phi) is 6.46. The fourth-order valence-electron chi connectivity index (χ4n) is 2.96. The number of hydrogen-bond acceptors (Lipinski definition) is 7. The second kappa shape index (κ2) is 9.20. The van der Waals surface area contributed by atoms with E-state index in [1.165, 1.54) is 18.3 Å². The summed E-state index contributed by atoms with van der Waals surface area (Å²) in [6.07, 6.45) is 1.53. The van der Waals surface area contributed by atoms with Crippen LogP contribution in [0.4, 0.5) is 0 Å². The van der Waals surface area contributed by atoms with Crippen LogP contribution in [0.15, 0.2) is 41.5 Å². The Labute approximate surface area is 163 Å². The zero-order chi connectivity index (χ0) is 19.9. The average Bonchev–Trinajstić information content (AvgIpc) is 2.68. The highest BCUT2D eigenvalue weighted by Crippen LogP contribution is 2.22. The molecule has 3 N–H and O–H groups in total. The minimum absolute atomic E-state index is 0.109. The molecule has 148 valence electrons. The molecule has 28 heavy (non-hydrogen) atoms. The van der Waals surface area contributed by atoms with Gasteiger partial charge < -0.3 is 19.7 Å². The van der Waals surface area contributed by atoms with Gasteiger partial charge in [0.1, 0.15) is 17.2 Å². The highest BCUT2D eigenvalue weighted by atomic mass is 16.5. The van der Waals surface area contributed by atoms with E-state index in [-0.39, 0.29) is 17.1 Å². The minimum Gasteiger partial charge on any atom is -0.508 e. The third kappa shape index (κ3) is 5.21. The van der Waals surface area contributed by atoms with Gasteiger partial charge in [0.25, 0.3) is 5.91 Å². The molecule has 0 aliphatic carbocycles. The van der Waals surface area contributed by atoms with Gasteiger partial charge in [0.2, 0.25) is 0 Å². The van der Waals surface area contributed by atoms with Crippen LogP contribution in [0.5, 0.6) is 17.2 Å². The summed E-state index contributed by atoms with van der Waals surface area (Å²) in [6.45, 7) is 3.92. The number of nitrogens with one attached hydrogen (secondary N) is 1. The summed E-state index contributed by atoms with van der Waals surface area (Å²) in [4.78, 5) is 14.4. The Balaban J connectivity index is 1.67. The number of aromatic hydroxyl groups is 2. The number of phenols is 2. The molecule has 0 radical (unpaired) electrons. The number of benzene rings is 2. The van der Waals surface area contributed by atoms with Crippen molar-refractivity contribution < 1.29 is 24.5 Å². The molecule has 0 atom stereocenters. The molecule has 8 heteroatoms. The van der Waals surface area contributed by atoms with Gasteiger partial charge in [-0.3, -0.25) is 9.69 Å². The fraction of sp³-hybridized carbons (Fsp3) is 0.300. The summed E-state index contributed by atoms with van der Waals surface area (Å²) >= 11 is 0. The zero-order valence-corrected chi connectivity index (χ0v) is 15.6. The normalized spacial score (nSPS) is 14.9. The standard InChI is InChI=1S/C20H23N3O5/c1-27-19-3-2-14(8-16(19)13-23-4-6-28-7-5-23)12-21-22-20(26)15-9-17(24)11-18(25)10-15/h2-3,8-12,24-25H,4-7,13H2,1H3,(H,22,26). The van der Waals surface area contributed by atoms with E-state index in [1.807, 2.05) is 18.2 Å². The second-order valence-electron chi connectivity index (χ2n) is 6.40. The number of phenolic OH excluding ortho intramolecular Hbond substituents is 2. The summed E-state index contributed by atoms with van der Waals surface area (Å²) < 4.78 is 10.8. The first-order valence-corrected chi connectivity index (χ1v) is 8.88. The molecule has 1 saturated heterocycles. The molecule has 2 aromatic rings. The van der Waals surface area contributed by atoms with E-state index in [2.05, 4.69) is 15.4 Å². The molecule has 1 amide bonds. The Morgan fingerprint density at radius 3 is 2.61 bits per heavy atom. The number of ether oxygens (including phenoxy) is 2. The van der Waals surface area contributed by atoms with Crippen molar-refractivity contribution in [3.05, 3.63) is 53.1 Å². The first-order valence-electron chi connectivity index (χ1n) is 8.88. The predicted octanol–water partition coefficient (Wildman–Crippen LogP) is 1.70. The topological polar surface area (TPSA) is 104 Å². The van der Waals surface area contributed by atoms with E-state index >= 15 is 0 Å². The predicted molar refractivity (Wildman–Crippen MR) is 104 cm³/mol. The van der Waals surface area contributed by atoms with E-state index < -0.39 is 5.91 Å². The summed E-state index contributed by atoms with van der Waals surface area (Å²) in [5, 5.41) is 22.9. The van der Waals surface area contributed by atoms with E-state index in [0.29, 0.717) is 0 Å². The van der Waals surface area contributed by atoms with Crippen LogP contribution in [0.2, 0.25) is 0 Å². The fourth-order valence-corrected chi connectivity index (χ4v) is 2.96. The van der Waals surface area contributed by atoms with Gasteiger partial charge >= 0.3 is 0 Å². The van der Waals surface area contributed by atoms with Crippen molar-refractivity contribution >= 4 is 12.1 Å². The molecule has 2 aromatic carbocycles. The lowest BCUT2D eigenvalue weighted by Crippen LogP contribution is -2.35. The first kappa shape index (κ1) is 19.7. The van der Waals surface area contributed by atoms with Crippen LogP contribution < -0.4 is 10.2 Å². The van der Waals surface area contributed by atoms with Gasteiger partial charge in [-0.2, -0.15) is 5.10 Å². The van der Waals surface area contributed by atoms with Crippen molar-refractivity contribution in [2.45, 2.75) is 6.54 Å². The maximum atomic E-state index is 12.1. The van der Waals surface area contributed by atoms with Crippen molar-refractivity contribution in [1.29, 1.82) is 0 Å². The van der Waals surface area contributed by atoms with Crippen LogP contribution in [-0.2, 0) is 11.3 Å². The molecule has 0 spiro atoms. The Morgan fingerprint density at radius 1 is 1.21 bits per heavy atom. The maximum Gasteiger partial charge on any atom is 0.271 e. The van der Waals surface area contributed by atoms with E-state index in [4.69, 9.17) is 9.47 Å². The second-order valence-corrected chi connectivity index (χ2v) is 6.40. The minimum atomic E-state index is -0.537. The summed E-state index contributed by atoms with van der Waals surface area (Å²) in [5.41, 5.74) is 4.32. The van der Waals surface area contributed by atoms with Gasteiger partial charge in [-0.05, 0) is 35.9 Å². The SMILES string of the molecule is COc1ccc(C=NNC(=O)c2cc(O)cc(O)c2)cc1CN1CCOCC1.